The van der Waals surface area contributed by atoms with E-state index in [-0.39, 0.29) is 11.3 Å². The van der Waals surface area contributed by atoms with Gasteiger partial charge in [-0.3, -0.25) is 4.79 Å². The number of alkyl halides is 1. The third-order valence-electron chi connectivity index (χ3n) is 0.724. The molecule has 0 amide bonds. The summed E-state index contributed by atoms with van der Waals surface area (Å²) >= 11 is 2.97. The Bertz CT molecular complexity index is 87.0. The van der Waals surface area contributed by atoms with E-state index in [9.17, 15) is 4.79 Å². The van der Waals surface area contributed by atoms with E-state index in [1.165, 1.54) is 0 Å². The molecule has 0 heterocycles. The first-order valence-electron chi connectivity index (χ1n) is 2.67. The van der Waals surface area contributed by atoms with Gasteiger partial charge in [0.05, 0.1) is 0 Å². The first-order chi connectivity index (χ1) is 4.31. The molecule has 9 heavy (non-hydrogen) atoms. The van der Waals surface area contributed by atoms with Gasteiger partial charge in [0.1, 0.15) is 11.9 Å². The van der Waals surface area contributed by atoms with Crippen molar-refractivity contribution < 1.29 is 9.53 Å². The Morgan fingerprint density at radius 1 is 1.78 bits per heavy atom. The quantitative estimate of drug-likeness (QED) is 0.395. The summed E-state index contributed by atoms with van der Waals surface area (Å²) in [5.74, 6) is -0.217. The van der Waals surface area contributed by atoms with Crippen LogP contribution in [-0.4, -0.2) is 31.5 Å². The van der Waals surface area contributed by atoms with Gasteiger partial charge in [-0.1, -0.05) is 15.9 Å². The Morgan fingerprint density at radius 2 is 2.44 bits per heavy atom. The third kappa shape index (κ3) is 5.79. The Balaban J connectivity index is 2.97. The number of halogens is 1. The summed E-state index contributed by atoms with van der Waals surface area (Å²) in [4.78, 5) is 10.4. The van der Waals surface area contributed by atoms with E-state index in [1.54, 1.807) is 0 Å². The molecule has 0 atom stereocenters. The normalized spacial score (nSPS) is 9.11. The third-order valence-corrected chi connectivity index (χ3v) is 1.18. The summed E-state index contributed by atoms with van der Waals surface area (Å²) in [6.45, 7) is 1.15. The Morgan fingerprint density at radius 3 is 2.89 bits per heavy atom. The molecule has 0 aliphatic carbocycles. The van der Waals surface area contributed by atoms with Crippen LogP contribution in [0, 0.1) is 0 Å². The molecule has 1 N–H and O–H groups in total. The lowest BCUT2D eigenvalue weighted by Gasteiger charge is -1.99. The first-order valence-corrected chi connectivity index (χ1v) is 3.79. The van der Waals surface area contributed by atoms with Crippen LogP contribution >= 0.6 is 15.9 Å². The van der Waals surface area contributed by atoms with E-state index in [2.05, 4.69) is 26.0 Å². The van der Waals surface area contributed by atoms with Crippen LogP contribution in [0.5, 0.6) is 0 Å². The average Bonchev–Trinajstić information content (AvgIpc) is 1.89. The van der Waals surface area contributed by atoms with Crippen molar-refractivity contribution in [1.82, 2.24) is 5.32 Å². The van der Waals surface area contributed by atoms with Crippen LogP contribution in [0.15, 0.2) is 0 Å². The van der Waals surface area contributed by atoms with Gasteiger partial charge in [-0.05, 0) is 7.05 Å². The van der Waals surface area contributed by atoms with Crippen LogP contribution in [0.2, 0.25) is 0 Å². The maximum atomic E-state index is 10.4. The number of esters is 1. The number of likely N-dealkylation sites (N-methyl/N-ethyl adjacent to an activating group) is 1. The SMILES string of the molecule is CNCCOC(=O)CBr. The van der Waals surface area contributed by atoms with Gasteiger partial charge in [-0.15, -0.1) is 0 Å². The lowest BCUT2D eigenvalue weighted by molar-refractivity contribution is -0.140. The fourth-order valence-corrected chi connectivity index (χ4v) is 0.467. The zero-order valence-electron chi connectivity index (χ0n) is 5.32. The minimum absolute atomic E-state index is 0.217. The summed E-state index contributed by atoms with van der Waals surface area (Å²) in [6, 6.07) is 0. The highest BCUT2D eigenvalue weighted by atomic mass is 79.9. The van der Waals surface area contributed by atoms with Crippen molar-refractivity contribution in [2.45, 2.75) is 0 Å². The first kappa shape index (κ1) is 8.91. The van der Waals surface area contributed by atoms with Gasteiger partial charge in [0, 0.05) is 6.54 Å². The smallest absolute Gasteiger partial charge is 0.316 e. The van der Waals surface area contributed by atoms with E-state index in [4.69, 9.17) is 0 Å². The zero-order valence-corrected chi connectivity index (χ0v) is 6.90. The molecule has 0 saturated heterocycles. The molecular weight excluding hydrogens is 186 g/mol. The van der Waals surface area contributed by atoms with Gasteiger partial charge >= 0.3 is 5.97 Å². The molecule has 4 heteroatoms. The number of carbonyl (C=O) groups is 1. The highest BCUT2D eigenvalue weighted by Gasteiger charge is 1.95. The summed E-state index contributed by atoms with van der Waals surface area (Å²) in [7, 11) is 1.81. The van der Waals surface area contributed by atoms with Crippen LogP contribution in [0.3, 0.4) is 0 Å². The predicted molar refractivity (Wildman–Crippen MR) is 38.7 cm³/mol. The van der Waals surface area contributed by atoms with Crippen LogP contribution in [0.1, 0.15) is 0 Å². The van der Waals surface area contributed by atoms with Gasteiger partial charge < -0.3 is 10.1 Å². The lowest BCUT2D eigenvalue weighted by atomic mass is 10.7. The number of hydrogen-bond acceptors (Lipinski definition) is 3. The lowest BCUT2D eigenvalue weighted by Crippen LogP contribution is -2.17. The minimum atomic E-state index is -0.217. The maximum absolute atomic E-state index is 10.4. The van der Waals surface area contributed by atoms with E-state index in [0.29, 0.717) is 13.2 Å². The number of rotatable bonds is 4. The molecule has 0 unspecified atom stereocenters. The van der Waals surface area contributed by atoms with Gasteiger partial charge in [0.25, 0.3) is 0 Å². The van der Waals surface area contributed by atoms with Crippen LogP contribution in [0.25, 0.3) is 0 Å². The number of nitrogens with one attached hydrogen (secondary N) is 1. The molecule has 0 aromatic rings. The highest BCUT2D eigenvalue weighted by Crippen LogP contribution is 1.83. The molecule has 0 radical (unpaired) electrons. The molecule has 0 spiro atoms. The molecule has 0 aliphatic heterocycles. The summed E-state index contributed by atoms with van der Waals surface area (Å²) in [6.07, 6.45) is 0. The van der Waals surface area contributed by atoms with Crippen molar-refractivity contribution in [3.63, 3.8) is 0 Å². The Labute approximate surface area is 62.9 Å². The molecular formula is C5H10BrNO2. The molecule has 0 aliphatic rings. The van der Waals surface area contributed by atoms with E-state index >= 15 is 0 Å². The van der Waals surface area contributed by atoms with Gasteiger partial charge in [-0.25, -0.2) is 0 Å². The fourth-order valence-electron chi connectivity index (χ4n) is 0.306. The molecule has 0 aromatic heterocycles. The highest BCUT2D eigenvalue weighted by molar-refractivity contribution is 9.09. The van der Waals surface area contributed by atoms with Crippen molar-refractivity contribution in [3.05, 3.63) is 0 Å². The summed E-state index contributed by atoms with van der Waals surface area (Å²) in [5, 5.41) is 3.13. The number of hydrogen-bond donors (Lipinski definition) is 1. The average molecular weight is 196 g/mol. The van der Waals surface area contributed by atoms with Gasteiger partial charge in [0.15, 0.2) is 0 Å². The van der Waals surface area contributed by atoms with Crippen molar-refractivity contribution >= 4 is 21.9 Å². The number of carbonyl (C=O) groups excluding carboxylic acids is 1. The maximum Gasteiger partial charge on any atom is 0.316 e. The monoisotopic (exact) mass is 195 g/mol. The Hall–Kier alpha value is -0.0900. The fraction of sp³-hybridized carbons (Fsp3) is 0.800. The van der Waals surface area contributed by atoms with Crippen molar-refractivity contribution in [2.24, 2.45) is 0 Å². The van der Waals surface area contributed by atoms with Gasteiger partial charge in [-0.2, -0.15) is 0 Å². The molecule has 0 saturated carbocycles. The molecule has 54 valence electrons. The minimum Gasteiger partial charge on any atom is -0.464 e. The zero-order chi connectivity index (χ0) is 7.11. The summed E-state index contributed by atoms with van der Waals surface area (Å²) in [5.41, 5.74) is 0. The number of ether oxygens (including phenoxy) is 1. The second kappa shape index (κ2) is 6.04. The molecule has 0 rings (SSSR count). The van der Waals surface area contributed by atoms with E-state index in [1.807, 2.05) is 7.05 Å². The van der Waals surface area contributed by atoms with Crippen molar-refractivity contribution in [3.8, 4) is 0 Å². The van der Waals surface area contributed by atoms with Crippen LogP contribution in [0.4, 0.5) is 0 Å². The standard InChI is InChI=1S/C5H10BrNO2/c1-7-2-3-9-5(8)4-6/h7H,2-4H2,1H3. The molecule has 0 fully saturated rings. The largest absolute Gasteiger partial charge is 0.464 e. The summed E-state index contributed by atoms with van der Waals surface area (Å²) < 4.78 is 4.68. The van der Waals surface area contributed by atoms with Crippen molar-refractivity contribution in [2.75, 3.05) is 25.5 Å². The Kier molecular flexibility index (Phi) is 5.98. The second-order valence-electron chi connectivity index (χ2n) is 1.46. The van der Waals surface area contributed by atoms with Gasteiger partial charge in [0.2, 0.25) is 0 Å². The molecule has 3 nitrogen and oxygen atoms in total. The molecule has 0 aromatic carbocycles. The second-order valence-corrected chi connectivity index (χ2v) is 2.02. The molecule has 0 bridgehead atoms. The topological polar surface area (TPSA) is 38.3 Å². The van der Waals surface area contributed by atoms with Crippen LogP contribution in [-0.2, 0) is 9.53 Å². The van der Waals surface area contributed by atoms with Crippen LogP contribution < -0.4 is 5.32 Å². The van der Waals surface area contributed by atoms with E-state index in [0.717, 1.165) is 0 Å². The van der Waals surface area contributed by atoms with E-state index < -0.39 is 0 Å². The predicted octanol–water partition coefficient (Wildman–Crippen LogP) is 0.144. The van der Waals surface area contributed by atoms with Crippen molar-refractivity contribution in [1.29, 1.82) is 0 Å².